The fraction of sp³-hybridized carbons (Fsp3) is 0.263. The van der Waals surface area contributed by atoms with Crippen LogP contribution in [0.5, 0.6) is 0 Å². The smallest absolute Gasteiger partial charge is 0.253 e. The molecule has 4 nitrogen and oxygen atoms in total. The van der Waals surface area contributed by atoms with Crippen LogP contribution in [0.2, 0.25) is 0 Å². The van der Waals surface area contributed by atoms with Gasteiger partial charge in [-0.25, -0.2) is 0 Å². The summed E-state index contributed by atoms with van der Waals surface area (Å²) >= 11 is 1.48. The number of hydrogen-bond donors (Lipinski definition) is 2. The molecule has 1 aliphatic rings. The van der Waals surface area contributed by atoms with Crippen LogP contribution >= 0.6 is 11.8 Å². The molecule has 0 atom stereocenters. The molecule has 1 saturated carbocycles. The van der Waals surface area contributed by atoms with Gasteiger partial charge in [0.25, 0.3) is 5.91 Å². The van der Waals surface area contributed by atoms with Crippen LogP contribution in [-0.2, 0) is 4.79 Å². The van der Waals surface area contributed by atoms with Crippen molar-refractivity contribution < 1.29 is 9.59 Å². The highest BCUT2D eigenvalue weighted by Gasteiger charge is 2.24. The summed E-state index contributed by atoms with van der Waals surface area (Å²) in [5, 5.41) is 5.80. The Morgan fingerprint density at radius 2 is 1.79 bits per heavy atom. The van der Waals surface area contributed by atoms with Crippen molar-refractivity contribution in [1.82, 2.24) is 5.32 Å². The largest absolute Gasteiger partial charge is 0.349 e. The predicted molar refractivity (Wildman–Crippen MR) is 97.5 cm³/mol. The van der Waals surface area contributed by atoms with Gasteiger partial charge in [0, 0.05) is 10.9 Å². The number of aryl methyl sites for hydroxylation is 1. The second-order valence-corrected chi connectivity index (χ2v) is 6.99. The topological polar surface area (TPSA) is 58.2 Å². The van der Waals surface area contributed by atoms with Crippen molar-refractivity contribution in [2.45, 2.75) is 30.7 Å². The van der Waals surface area contributed by atoms with Gasteiger partial charge in [-0.1, -0.05) is 29.8 Å². The van der Waals surface area contributed by atoms with E-state index in [4.69, 9.17) is 0 Å². The number of anilines is 1. The summed E-state index contributed by atoms with van der Waals surface area (Å²) < 4.78 is 0. The lowest BCUT2D eigenvalue weighted by Gasteiger charge is -2.11. The number of thioether (sulfide) groups is 1. The summed E-state index contributed by atoms with van der Waals surface area (Å²) in [5.74, 6) is 0.0635. The summed E-state index contributed by atoms with van der Waals surface area (Å²) in [6.07, 6.45) is 2.07. The average Bonchev–Trinajstić information content (AvgIpc) is 3.39. The van der Waals surface area contributed by atoms with E-state index in [0.717, 1.165) is 17.7 Å². The van der Waals surface area contributed by atoms with Crippen LogP contribution in [0.1, 0.15) is 28.8 Å². The fourth-order valence-corrected chi connectivity index (χ4v) is 2.95. The maximum Gasteiger partial charge on any atom is 0.253 e. The zero-order valence-corrected chi connectivity index (χ0v) is 14.4. The number of amides is 2. The molecule has 2 aromatic carbocycles. The Morgan fingerprint density at radius 3 is 2.50 bits per heavy atom. The number of carbonyl (C=O) groups is 2. The van der Waals surface area contributed by atoms with Crippen LogP contribution in [-0.4, -0.2) is 23.6 Å². The monoisotopic (exact) mass is 340 g/mol. The van der Waals surface area contributed by atoms with E-state index in [0.29, 0.717) is 23.0 Å². The first-order chi connectivity index (χ1) is 11.6. The van der Waals surface area contributed by atoms with E-state index in [9.17, 15) is 9.59 Å². The van der Waals surface area contributed by atoms with Crippen molar-refractivity contribution in [1.29, 1.82) is 0 Å². The highest BCUT2D eigenvalue weighted by Crippen LogP contribution is 2.22. The lowest BCUT2D eigenvalue weighted by atomic mass is 10.1. The van der Waals surface area contributed by atoms with Crippen LogP contribution in [0.15, 0.2) is 53.4 Å². The van der Waals surface area contributed by atoms with Gasteiger partial charge in [0.1, 0.15) is 0 Å². The molecule has 0 unspecified atom stereocenters. The molecular weight excluding hydrogens is 320 g/mol. The van der Waals surface area contributed by atoms with E-state index in [1.807, 2.05) is 37.3 Å². The molecule has 2 amide bonds. The Kier molecular flexibility index (Phi) is 5.20. The highest BCUT2D eigenvalue weighted by atomic mass is 32.2. The molecule has 0 bridgehead atoms. The molecule has 3 rings (SSSR count). The van der Waals surface area contributed by atoms with Crippen molar-refractivity contribution in [3.05, 3.63) is 59.7 Å². The molecule has 124 valence electrons. The highest BCUT2D eigenvalue weighted by molar-refractivity contribution is 8.00. The first-order valence-electron chi connectivity index (χ1n) is 8.01. The number of carbonyl (C=O) groups excluding carboxylic acids is 2. The van der Waals surface area contributed by atoms with Crippen LogP contribution in [0.25, 0.3) is 0 Å². The van der Waals surface area contributed by atoms with Gasteiger partial charge in [0.15, 0.2) is 0 Å². The summed E-state index contributed by atoms with van der Waals surface area (Å²) in [4.78, 5) is 25.5. The molecule has 0 aliphatic heterocycles. The van der Waals surface area contributed by atoms with Crippen LogP contribution in [0.3, 0.4) is 0 Å². The molecule has 1 fully saturated rings. The zero-order valence-electron chi connectivity index (χ0n) is 13.5. The van der Waals surface area contributed by atoms with Gasteiger partial charge in [-0.05, 0) is 44.0 Å². The zero-order chi connectivity index (χ0) is 16.9. The Hall–Kier alpha value is -2.27. The van der Waals surface area contributed by atoms with E-state index in [2.05, 4.69) is 10.6 Å². The predicted octanol–water partition coefficient (Wildman–Crippen LogP) is 3.62. The Labute approximate surface area is 146 Å². The van der Waals surface area contributed by atoms with E-state index < -0.39 is 0 Å². The van der Waals surface area contributed by atoms with Crippen molar-refractivity contribution in [2.75, 3.05) is 11.1 Å². The molecule has 0 spiro atoms. The quantitative estimate of drug-likeness (QED) is 0.790. The van der Waals surface area contributed by atoms with E-state index >= 15 is 0 Å². The van der Waals surface area contributed by atoms with E-state index in [-0.39, 0.29) is 11.8 Å². The van der Waals surface area contributed by atoms with Crippen LogP contribution < -0.4 is 10.6 Å². The molecule has 24 heavy (non-hydrogen) atoms. The van der Waals surface area contributed by atoms with Gasteiger partial charge in [-0.3, -0.25) is 9.59 Å². The van der Waals surface area contributed by atoms with Crippen molar-refractivity contribution in [3.8, 4) is 0 Å². The third-order valence-corrected chi connectivity index (χ3v) is 4.76. The Morgan fingerprint density at radius 1 is 1.08 bits per heavy atom. The van der Waals surface area contributed by atoms with Gasteiger partial charge >= 0.3 is 0 Å². The van der Waals surface area contributed by atoms with Gasteiger partial charge < -0.3 is 10.6 Å². The summed E-state index contributed by atoms with van der Waals surface area (Å²) in [5.41, 5.74) is 2.27. The van der Waals surface area contributed by atoms with Crippen molar-refractivity contribution in [2.24, 2.45) is 0 Å². The number of rotatable bonds is 6. The Balaban J connectivity index is 1.59. The van der Waals surface area contributed by atoms with Crippen LogP contribution in [0.4, 0.5) is 5.69 Å². The van der Waals surface area contributed by atoms with Crippen molar-refractivity contribution >= 4 is 29.3 Å². The van der Waals surface area contributed by atoms with E-state index in [1.165, 1.54) is 17.3 Å². The molecule has 1 aliphatic carbocycles. The van der Waals surface area contributed by atoms with E-state index in [1.54, 1.807) is 18.2 Å². The minimum atomic E-state index is -0.125. The second-order valence-electron chi connectivity index (χ2n) is 5.94. The molecule has 2 aromatic rings. The van der Waals surface area contributed by atoms with Gasteiger partial charge in [0.2, 0.25) is 5.91 Å². The summed E-state index contributed by atoms with van der Waals surface area (Å²) in [6.45, 7) is 2.03. The lowest BCUT2D eigenvalue weighted by molar-refractivity contribution is -0.113. The fourth-order valence-electron chi connectivity index (χ4n) is 2.25. The number of nitrogens with one attached hydrogen (secondary N) is 2. The average molecular weight is 340 g/mol. The molecule has 2 N–H and O–H groups in total. The van der Waals surface area contributed by atoms with Gasteiger partial charge in [0.05, 0.1) is 17.0 Å². The number of para-hydroxylation sites is 1. The van der Waals surface area contributed by atoms with Gasteiger partial charge in [-0.2, -0.15) is 0 Å². The lowest BCUT2D eigenvalue weighted by Crippen LogP contribution is -2.27. The molecule has 5 heteroatoms. The standard InChI is InChI=1S/C19H20N2O2S/c1-13-6-10-15(11-7-13)24-12-18(22)21-17-5-3-2-4-16(17)19(23)20-14-8-9-14/h2-7,10-11,14H,8-9,12H2,1H3,(H,20,23)(H,21,22). The number of benzene rings is 2. The minimum Gasteiger partial charge on any atom is -0.349 e. The second kappa shape index (κ2) is 7.53. The third-order valence-electron chi connectivity index (χ3n) is 3.75. The first-order valence-corrected chi connectivity index (χ1v) is 8.99. The molecular formula is C19H20N2O2S. The minimum absolute atomic E-state index is 0.118. The number of hydrogen-bond acceptors (Lipinski definition) is 3. The third kappa shape index (κ3) is 4.61. The van der Waals surface area contributed by atoms with Gasteiger partial charge in [-0.15, -0.1) is 11.8 Å². The van der Waals surface area contributed by atoms with Crippen molar-refractivity contribution in [3.63, 3.8) is 0 Å². The maximum atomic E-state index is 12.2. The van der Waals surface area contributed by atoms with Crippen LogP contribution in [0, 0.1) is 6.92 Å². The normalized spacial score (nSPS) is 13.4. The molecule has 0 radical (unpaired) electrons. The molecule has 0 heterocycles. The summed E-state index contributed by atoms with van der Waals surface area (Å²) in [7, 11) is 0. The molecule has 0 saturated heterocycles. The SMILES string of the molecule is Cc1ccc(SCC(=O)Nc2ccccc2C(=O)NC2CC2)cc1. The maximum absolute atomic E-state index is 12.2. The molecule has 0 aromatic heterocycles. The Bertz CT molecular complexity index is 739. The first kappa shape index (κ1) is 16.6. The summed E-state index contributed by atoms with van der Waals surface area (Å²) in [6, 6.07) is 15.5.